The van der Waals surface area contributed by atoms with Crippen LogP contribution in [-0.4, -0.2) is 0 Å². The first-order valence-electron chi connectivity index (χ1n) is 10.2. The highest BCUT2D eigenvalue weighted by Crippen LogP contribution is 2.38. The maximum atomic E-state index is 11.9. The van der Waals surface area contributed by atoms with Gasteiger partial charge in [-0.05, 0) is 79.2 Å². The van der Waals surface area contributed by atoms with Crippen molar-refractivity contribution in [2.45, 2.75) is 57.3 Å². The molecule has 0 aromatic heterocycles. The van der Waals surface area contributed by atoms with Crippen molar-refractivity contribution >= 4 is 0 Å². The van der Waals surface area contributed by atoms with Crippen LogP contribution in [0.1, 0.15) is 68.4 Å². The molecule has 0 heterocycles. The van der Waals surface area contributed by atoms with Gasteiger partial charge < -0.3 is 0 Å². The highest BCUT2D eigenvalue weighted by molar-refractivity contribution is 5.64. The SMILES string of the molecule is N#Cc1ccc(-c2ccc(C3CCC(CCCC/C=C/F)CC3)cc2)cc1. The number of hydrogen-bond donors (Lipinski definition) is 0. The molecule has 1 aliphatic rings. The largest absolute Gasteiger partial charge is 0.216 e. The Morgan fingerprint density at radius 2 is 1.52 bits per heavy atom. The molecule has 0 saturated heterocycles. The smallest absolute Gasteiger partial charge is 0.0991 e. The summed E-state index contributed by atoms with van der Waals surface area (Å²) in [5.41, 5.74) is 4.52. The van der Waals surface area contributed by atoms with Crippen LogP contribution in [0.25, 0.3) is 11.1 Å². The molecule has 0 N–H and O–H groups in total. The summed E-state index contributed by atoms with van der Waals surface area (Å²) in [5.74, 6) is 1.54. The van der Waals surface area contributed by atoms with Gasteiger partial charge in [0.25, 0.3) is 0 Å². The molecule has 27 heavy (non-hydrogen) atoms. The van der Waals surface area contributed by atoms with E-state index in [4.69, 9.17) is 5.26 Å². The van der Waals surface area contributed by atoms with Crippen LogP contribution in [0.5, 0.6) is 0 Å². The Labute approximate surface area is 162 Å². The van der Waals surface area contributed by atoms with Crippen LogP contribution in [0.3, 0.4) is 0 Å². The zero-order valence-electron chi connectivity index (χ0n) is 15.9. The summed E-state index contributed by atoms with van der Waals surface area (Å²) in [6.45, 7) is 0. The lowest BCUT2D eigenvalue weighted by Gasteiger charge is -2.29. The summed E-state index contributed by atoms with van der Waals surface area (Å²) < 4.78 is 11.9. The molecule has 0 amide bonds. The van der Waals surface area contributed by atoms with E-state index in [1.165, 1.54) is 49.7 Å². The second-order valence-corrected chi connectivity index (χ2v) is 7.67. The summed E-state index contributed by atoms with van der Waals surface area (Å²) >= 11 is 0. The number of benzene rings is 2. The van der Waals surface area contributed by atoms with Crippen LogP contribution >= 0.6 is 0 Å². The summed E-state index contributed by atoms with van der Waals surface area (Å²) in [4.78, 5) is 0. The zero-order chi connectivity index (χ0) is 18.9. The maximum Gasteiger partial charge on any atom is 0.0991 e. The monoisotopic (exact) mass is 361 g/mol. The highest BCUT2D eigenvalue weighted by atomic mass is 19.1. The van der Waals surface area contributed by atoms with E-state index in [9.17, 15) is 4.39 Å². The minimum absolute atomic E-state index is 0.665. The molecular formula is C25H28FN. The fourth-order valence-corrected chi connectivity index (χ4v) is 4.23. The number of allylic oxidation sites excluding steroid dienone is 1. The van der Waals surface area contributed by atoms with Gasteiger partial charge in [0.15, 0.2) is 0 Å². The molecular weight excluding hydrogens is 333 g/mol. The quantitative estimate of drug-likeness (QED) is 0.467. The van der Waals surface area contributed by atoms with Gasteiger partial charge in [-0.15, -0.1) is 0 Å². The summed E-state index contributed by atoms with van der Waals surface area (Å²) in [6.07, 6.45) is 12.0. The van der Waals surface area contributed by atoms with Crippen molar-refractivity contribution in [3.8, 4) is 17.2 Å². The second-order valence-electron chi connectivity index (χ2n) is 7.67. The Balaban J connectivity index is 1.49. The Morgan fingerprint density at radius 3 is 2.11 bits per heavy atom. The van der Waals surface area contributed by atoms with Crippen molar-refractivity contribution in [2.24, 2.45) is 5.92 Å². The minimum Gasteiger partial charge on any atom is -0.216 e. The van der Waals surface area contributed by atoms with Crippen molar-refractivity contribution in [3.05, 3.63) is 72.1 Å². The van der Waals surface area contributed by atoms with Gasteiger partial charge in [-0.25, -0.2) is 4.39 Å². The number of unbranched alkanes of at least 4 members (excludes halogenated alkanes) is 2. The first kappa shape index (κ1) is 19.4. The summed E-state index contributed by atoms with van der Waals surface area (Å²) in [5, 5.41) is 8.91. The minimum atomic E-state index is 0.665. The number of nitriles is 1. The standard InChI is InChI=1S/C25H28FN/c26-18-4-2-1-3-5-20-6-10-22(11-7-20)24-14-16-25(17-15-24)23-12-8-21(19-27)9-13-23/h4,8-9,12-18,20,22H,1-3,5-7,10-11H2/b18-4+. The molecule has 2 aromatic rings. The third-order valence-corrected chi connectivity index (χ3v) is 5.90. The Morgan fingerprint density at radius 1 is 0.889 bits per heavy atom. The lowest BCUT2D eigenvalue weighted by molar-refractivity contribution is 0.303. The Kier molecular flexibility index (Phi) is 7.22. The number of rotatable bonds is 7. The molecule has 2 heteroatoms. The van der Waals surface area contributed by atoms with Gasteiger partial charge in [0.05, 0.1) is 18.0 Å². The van der Waals surface area contributed by atoms with E-state index in [0.29, 0.717) is 17.8 Å². The topological polar surface area (TPSA) is 23.8 Å². The lowest BCUT2D eigenvalue weighted by atomic mass is 9.77. The van der Waals surface area contributed by atoms with Crippen LogP contribution in [0, 0.1) is 17.2 Å². The van der Waals surface area contributed by atoms with E-state index in [2.05, 4.69) is 30.3 Å². The summed E-state index contributed by atoms with van der Waals surface area (Å²) in [7, 11) is 0. The predicted molar refractivity (Wildman–Crippen MR) is 110 cm³/mol. The van der Waals surface area contributed by atoms with Gasteiger partial charge in [-0.3, -0.25) is 0 Å². The Bertz CT molecular complexity index is 759. The molecule has 0 atom stereocenters. The second kappa shape index (κ2) is 10.1. The average molecular weight is 362 g/mol. The zero-order valence-corrected chi connectivity index (χ0v) is 15.9. The van der Waals surface area contributed by atoms with Crippen LogP contribution in [-0.2, 0) is 0 Å². The van der Waals surface area contributed by atoms with Crippen molar-refractivity contribution < 1.29 is 4.39 Å². The Hall–Kier alpha value is -2.40. The first-order valence-corrected chi connectivity index (χ1v) is 10.2. The van der Waals surface area contributed by atoms with Gasteiger partial charge >= 0.3 is 0 Å². The lowest BCUT2D eigenvalue weighted by Crippen LogP contribution is -2.13. The van der Waals surface area contributed by atoms with Crippen molar-refractivity contribution in [3.63, 3.8) is 0 Å². The van der Waals surface area contributed by atoms with Crippen LogP contribution in [0.2, 0.25) is 0 Å². The predicted octanol–water partition coefficient (Wildman–Crippen LogP) is 7.54. The van der Waals surface area contributed by atoms with Crippen LogP contribution < -0.4 is 0 Å². The molecule has 0 aliphatic heterocycles. The molecule has 3 rings (SSSR count). The first-order chi connectivity index (χ1) is 13.3. The molecule has 0 unspecified atom stereocenters. The van der Waals surface area contributed by atoms with Gasteiger partial charge in [-0.2, -0.15) is 5.26 Å². The molecule has 1 nitrogen and oxygen atoms in total. The van der Waals surface area contributed by atoms with Gasteiger partial charge in [0.1, 0.15) is 0 Å². The number of hydrogen-bond acceptors (Lipinski definition) is 1. The fraction of sp³-hybridized carbons (Fsp3) is 0.400. The normalized spacial score (nSPS) is 19.9. The van der Waals surface area contributed by atoms with Gasteiger partial charge in [-0.1, -0.05) is 55.3 Å². The van der Waals surface area contributed by atoms with Gasteiger partial charge in [0.2, 0.25) is 0 Å². The van der Waals surface area contributed by atoms with Crippen molar-refractivity contribution in [1.82, 2.24) is 0 Å². The van der Waals surface area contributed by atoms with E-state index in [1.54, 1.807) is 6.08 Å². The number of nitrogens with zero attached hydrogens (tertiary/aromatic N) is 1. The van der Waals surface area contributed by atoms with E-state index in [0.717, 1.165) is 24.3 Å². The van der Waals surface area contributed by atoms with Crippen LogP contribution in [0.4, 0.5) is 4.39 Å². The van der Waals surface area contributed by atoms with E-state index in [1.807, 2.05) is 24.3 Å². The molecule has 1 fully saturated rings. The summed E-state index contributed by atoms with van der Waals surface area (Å²) in [6, 6.07) is 18.9. The molecule has 0 radical (unpaired) electrons. The molecule has 0 bridgehead atoms. The molecule has 140 valence electrons. The van der Waals surface area contributed by atoms with E-state index in [-0.39, 0.29) is 0 Å². The molecule has 2 aromatic carbocycles. The maximum absolute atomic E-state index is 11.9. The third-order valence-electron chi connectivity index (χ3n) is 5.90. The van der Waals surface area contributed by atoms with Crippen LogP contribution in [0.15, 0.2) is 60.9 Å². The van der Waals surface area contributed by atoms with E-state index < -0.39 is 0 Å². The highest BCUT2D eigenvalue weighted by Gasteiger charge is 2.22. The van der Waals surface area contributed by atoms with Crippen molar-refractivity contribution in [2.75, 3.05) is 0 Å². The van der Waals surface area contributed by atoms with Crippen molar-refractivity contribution in [1.29, 1.82) is 5.26 Å². The number of halogens is 1. The molecule has 0 spiro atoms. The molecule has 1 saturated carbocycles. The third kappa shape index (κ3) is 5.54. The van der Waals surface area contributed by atoms with E-state index >= 15 is 0 Å². The van der Waals surface area contributed by atoms with Gasteiger partial charge in [0, 0.05) is 0 Å². The fourth-order valence-electron chi connectivity index (χ4n) is 4.23. The molecule has 1 aliphatic carbocycles. The average Bonchev–Trinajstić information content (AvgIpc) is 2.74.